The van der Waals surface area contributed by atoms with Crippen LogP contribution in [0.5, 0.6) is 5.75 Å². The Balaban J connectivity index is 1.75. The van der Waals surface area contributed by atoms with Gasteiger partial charge in [0, 0.05) is 12.7 Å². The Morgan fingerprint density at radius 3 is 2.48 bits per heavy atom. The predicted octanol–water partition coefficient (Wildman–Crippen LogP) is 2.93. The fourth-order valence-corrected chi connectivity index (χ4v) is 3.25. The number of ether oxygens (including phenoxy) is 2. The molecule has 0 saturated carbocycles. The molecule has 0 aliphatic heterocycles. The van der Waals surface area contributed by atoms with Crippen molar-refractivity contribution in [3.05, 3.63) is 99.0 Å². The van der Waals surface area contributed by atoms with E-state index in [1.165, 1.54) is 24.9 Å². The first-order valence-corrected chi connectivity index (χ1v) is 9.71. The lowest BCUT2D eigenvalue weighted by molar-refractivity contribution is 0.0597. The highest BCUT2D eigenvalue weighted by Crippen LogP contribution is 2.20. The van der Waals surface area contributed by atoms with E-state index in [9.17, 15) is 14.4 Å². The fourth-order valence-electron chi connectivity index (χ4n) is 3.25. The van der Waals surface area contributed by atoms with E-state index >= 15 is 0 Å². The minimum atomic E-state index is -0.535. The summed E-state index contributed by atoms with van der Waals surface area (Å²) in [5.41, 5.74) is 2.70. The van der Waals surface area contributed by atoms with Crippen LogP contribution in [0.15, 0.2) is 65.6 Å². The van der Waals surface area contributed by atoms with Crippen molar-refractivity contribution in [3.8, 4) is 5.75 Å². The van der Waals surface area contributed by atoms with Gasteiger partial charge in [0.05, 0.1) is 20.8 Å². The van der Waals surface area contributed by atoms with Crippen molar-refractivity contribution in [2.24, 2.45) is 0 Å². The summed E-state index contributed by atoms with van der Waals surface area (Å²) >= 11 is 0. The average Bonchev–Trinajstić information content (AvgIpc) is 2.78. The van der Waals surface area contributed by atoms with Crippen LogP contribution in [0.2, 0.25) is 0 Å². The summed E-state index contributed by atoms with van der Waals surface area (Å²) in [6.45, 7) is 2.50. The van der Waals surface area contributed by atoms with Crippen molar-refractivity contribution >= 4 is 11.9 Å². The zero-order valence-electron chi connectivity index (χ0n) is 17.7. The van der Waals surface area contributed by atoms with Gasteiger partial charge in [0.1, 0.15) is 16.9 Å². The number of aryl methyl sites for hydroxylation is 1. The number of pyridine rings is 1. The van der Waals surface area contributed by atoms with Gasteiger partial charge in [0.2, 0.25) is 0 Å². The molecule has 0 spiro atoms. The highest BCUT2D eigenvalue weighted by molar-refractivity contribution is 5.94. The molecule has 3 rings (SSSR count). The Morgan fingerprint density at radius 1 is 0.968 bits per heavy atom. The molecule has 0 fully saturated rings. The molecular formula is C24H24N2O5. The van der Waals surface area contributed by atoms with Gasteiger partial charge in [-0.25, -0.2) is 4.79 Å². The quantitative estimate of drug-likeness (QED) is 0.594. The summed E-state index contributed by atoms with van der Waals surface area (Å²) in [5, 5.41) is 2.73. The summed E-state index contributed by atoms with van der Waals surface area (Å²) < 4.78 is 11.4. The lowest BCUT2D eigenvalue weighted by Crippen LogP contribution is -2.32. The third-order valence-electron chi connectivity index (χ3n) is 4.82. The molecule has 1 amide bonds. The first kappa shape index (κ1) is 21.8. The van der Waals surface area contributed by atoms with Gasteiger partial charge >= 0.3 is 5.97 Å². The molecule has 0 aliphatic rings. The second kappa shape index (κ2) is 9.75. The van der Waals surface area contributed by atoms with Gasteiger partial charge in [0.25, 0.3) is 11.5 Å². The van der Waals surface area contributed by atoms with Gasteiger partial charge in [-0.1, -0.05) is 35.9 Å². The zero-order chi connectivity index (χ0) is 22.4. The lowest BCUT2D eigenvalue weighted by atomic mass is 10.1. The maximum atomic E-state index is 12.8. The van der Waals surface area contributed by atoms with Crippen molar-refractivity contribution < 1.29 is 19.1 Å². The largest absolute Gasteiger partial charge is 0.496 e. The molecule has 1 heterocycles. The molecule has 0 bridgehead atoms. The second-order valence-corrected chi connectivity index (χ2v) is 7.05. The molecule has 3 aromatic rings. The van der Waals surface area contributed by atoms with Crippen molar-refractivity contribution in [3.63, 3.8) is 0 Å². The average molecular weight is 420 g/mol. The number of amides is 1. The van der Waals surface area contributed by atoms with Crippen molar-refractivity contribution in [1.29, 1.82) is 0 Å². The van der Waals surface area contributed by atoms with Crippen LogP contribution < -0.4 is 15.6 Å². The molecule has 1 aromatic heterocycles. The number of carbonyl (C=O) groups excluding carboxylic acids is 2. The molecule has 7 nitrogen and oxygen atoms in total. The Morgan fingerprint density at radius 2 is 1.77 bits per heavy atom. The maximum Gasteiger partial charge on any atom is 0.341 e. The van der Waals surface area contributed by atoms with Crippen LogP contribution in [0, 0.1) is 6.92 Å². The van der Waals surface area contributed by atoms with Crippen molar-refractivity contribution in [2.75, 3.05) is 14.2 Å². The SMILES string of the molecule is COC(=O)c1cc(CNC(=O)c2cccn(Cc3cccc(C)c3)c2=O)ccc1OC. The number of aromatic nitrogens is 1. The summed E-state index contributed by atoms with van der Waals surface area (Å²) in [7, 11) is 2.74. The van der Waals surface area contributed by atoms with Crippen LogP contribution in [0.3, 0.4) is 0 Å². The molecule has 2 aromatic carbocycles. The number of esters is 1. The minimum absolute atomic E-state index is 0.0526. The molecular weight excluding hydrogens is 396 g/mol. The summed E-state index contributed by atoms with van der Waals surface area (Å²) in [6.07, 6.45) is 1.66. The number of carbonyl (C=O) groups is 2. The number of hydrogen-bond acceptors (Lipinski definition) is 5. The van der Waals surface area contributed by atoms with Gasteiger partial charge in [-0.15, -0.1) is 0 Å². The molecule has 0 saturated heterocycles. The van der Waals surface area contributed by atoms with Crippen LogP contribution in [0.25, 0.3) is 0 Å². The standard InChI is InChI=1S/C24H24N2O5/c1-16-6-4-7-18(12-16)15-26-11-5-8-19(23(26)28)22(27)25-14-17-9-10-21(30-2)20(13-17)24(29)31-3/h4-13H,14-15H2,1-3H3,(H,25,27). The number of nitrogens with zero attached hydrogens (tertiary/aromatic N) is 1. The molecule has 1 N–H and O–H groups in total. The van der Waals surface area contributed by atoms with Gasteiger partial charge in [-0.2, -0.15) is 0 Å². The summed E-state index contributed by atoms with van der Waals surface area (Å²) in [5.74, 6) is -0.643. The second-order valence-electron chi connectivity index (χ2n) is 7.05. The van der Waals surface area contributed by atoms with E-state index in [-0.39, 0.29) is 23.2 Å². The zero-order valence-corrected chi connectivity index (χ0v) is 17.7. The van der Waals surface area contributed by atoms with Gasteiger partial charge in [-0.3, -0.25) is 9.59 Å². The topological polar surface area (TPSA) is 86.6 Å². The smallest absolute Gasteiger partial charge is 0.341 e. The Bertz CT molecular complexity index is 1170. The number of hydrogen-bond donors (Lipinski definition) is 1. The van der Waals surface area contributed by atoms with Crippen molar-refractivity contribution in [1.82, 2.24) is 9.88 Å². The van der Waals surface area contributed by atoms with E-state index in [1.807, 2.05) is 31.2 Å². The summed E-state index contributed by atoms with van der Waals surface area (Å²) in [4.78, 5) is 37.4. The van der Waals surface area contributed by atoms with E-state index in [2.05, 4.69) is 5.32 Å². The van der Waals surface area contributed by atoms with E-state index < -0.39 is 11.9 Å². The first-order valence-electron chi connectivity index (χ1n) is 9.71. The van der Waals surface area contributed by atoms with Gasteiger partial charge in [0.15, 0.2) is 0 Å². The summed E-state index contributed by atoms with van der Waals surface area (Å²) in [6, 6.07) is 16.0. The van der Waals surface area contributed by atoms with Crippen LogP contribution >= 0.6 is 0 Å². The highest BCUT2D eigenvalue weighted by atomic mass is 16.5. The molecule has 0 radical (unpaired) electrons. The molecule has 160 valence electrons. The van der Waals surface area contributed by atoms with E-state index in [1.54, 1.807) is 30.5 Å². The predicted molar refractivity (Wildman–Crippen MR) is 116 cm³/mol. The molecule has 7 heteroatoms. The molecule has 0 atom stereocenters. The third kappa shape index (κ3) is 5.19. The van der Waals surface area contributed by atoms with Gasteiger partial charge in [-0.05, 0) is 42.3 Å². The molecule has 0 unspecified atom stereocenters. The van der Waals surface area contributed by atoms with Gasteiger partial charge < -0.3 is 19.4 Å². The third-order valence-corrected chi connectivity index (χ3v) is 4.82. The Labute approximate surface area is 180 Å². The van der Waals surface area contributed by atoms with Crippen LogP contribution in [-0.2, 0) is 17.8 Å². The Kier molecular flexibility index (Phi) is 6.87. The fraction of sp³-hybridized carbons (Fsp3) is 0.208. The monoisotopic (exact) mass is 420 g/mol. The molecule has 0 aliphatic carbocycles. The van der Waals surface area contributed by atoms with Crippen LogP contribution in [-0.4, -0.2) is 30.7 Å². The van der Waals surface area contributed by atoms with E-state index in [0.717, 1.165) is 11.1 Å². The maximum absolute atomic E-state index is 12.8. The van der Waals surface area contributed by atoms with Crippen molar-refractivity contribution in [2.45, 2.75) is 20.0 Å². The number of rotatable bonds is 7. The normalized spacial score (nSPS) is 10.4. The minimum Gasteiger partial charge on any atom is -0.496 e. The number of nitrogens with one attached hydrogen (secondary N) is 1. The van der Waals surface area contributed by atoms with Crippen LogP contribution in [0.1, 0.15) is 37.4 Å². The van der Waals surface area contributed by atoms with Crippen LogP contribution in [0.4, 0.5) is 0 Å². The first-order chi connectivity index (χ1) is 14.9. The lowest BCUT2D eigenvalue weighted by Gasteiger charge is -2.11. The number of methoxy groups -OCH3 is 2. The number of benzene rings is 2. The molecule has 31 heavy (non-hydrogen) atoms. The van der Waals surface area contributed by atoms with E-state index in [4.69, 9.17) is 9.47 Å². The van der Waals surface area contributed by atoms with E-state index in [0.29, 0.717) is 17.9 Å². The highest BCUT2D eigenvalue weighted by Gasteiger charge is 2.15. The Hall–Kier alpha value is -3.87.